The first-order valence-corrected chi connectivity index (χ1v) is 10.7. The topological polar surface area (TPSA) is 75.5 Å². The molecule has 2 N–H and O–H groups in total. The van der Waals surface area contributed by atoms with Crippen LogP contribution in [0.5, 0.6) is 5.75 Å². The normalized spacial score (nSPS) is 15.0. The molecule has 7 nitrogen and oxygen atoms in total. The predicted octanol–water partition coefficient (Wildman–Crippen LogP) is 5.95. The molecule has 0 bridgehead atoms. The van der Waals surface area contributed by atoms with Crippen molar-refractivity contribution in [2.24, 2.45) is 5.92 Å². The van der Waals surface area contributed by atoms with E-state index in [-0.39, 0.29) is 18.0 Å². The maximum Gasteiger partial charge on any atom is 0.573 e. The summed E-state index contributed by atoms with van der Waals surface area (Å²) in [6.45, 7) is 0.780. The monoisotopic (exact) mass is 453 g/mol. The molecule has 1 aliphatic rings. The van der Waals surface area contributed by atoms with Crippen LogP contribution in [0.3, 0.4) is 0 Å². The summed E-state index contributed by atoms with van der Waals surface area (Å²) >= 11 is 0. The Morgan fingerprint density at radius 2 is 1.84 bits per heavy atom. The molecule has 10 heteroatoms. The van der Waals surface area contributed by atoms with Crippen LogP contribution in [-0.4, -0.2) is 29.9 Å². The first-order valence-electron chi connectivity index (χ1n) is 10.7. The number of benzene rings is 1. The van der Waals surface area contributed by atoms with Crippen LogP contribution < -0.4 is 15.4 Å². The van der Waals surface area contributed by atoms with Crippen molar-refractivity contribution in [3.63, 3.8) is 0 Å². The Balaban J connectivity index is 1.72. The zero-order valence-corrected chi connectivity index (χ0v) is 18.0. The van der Waals surface area contributed by atoms with Gasteiger partial charge in [0, 0.05) is 24.7 Å². The first-order chi connectivity index (χ1) is 15.4. The Hall–Kier alpha value is -3.04. The Kier molecular flexibility index (Phi) is 8.13. The summed E-state index contributed by atoms with van der Waals surface area (Å²) in [5.41, 5.74) is 1.10. The van der Waals surface area contributed by atoms with Crippen LogP contribution in [-0.2, 0) is 11.4 Å². The number of alkyl halides is 3. The van der Waals surface area contributed by atoms with Gasteiger partial charge < -0.3 is 15.4 Å². The molecule has 0 aliphatic heterocycles. The number of ether oxygens (including phenoxy) is 1. The number of rotatable bonds is 9. The summed E-state index contributed by atoms with van der Waals surface area (Å²) in [6, 6.07) is 7.56. The molecule has 1 aromatic heterocycles. The smallest absolute Gasteiger partial charge is 0.405 e. The van der Waals surface area contributed by atoms with Gasteiger partial charge in [-0.15, -0.1) is 13.2 Å². The third-order valence-corrected chi connectivity index (χ3v) is 5.46. The lowest BCUT2D eigenvalue weighted by atomic mass is 10.0. The summed E-state index contributed by atoms with van der Waals surface area (Å²) in [4.78, 5) is 21.4. The lowest BCUT2D eigenvalue weighted by Crippen LogP contribution is -2.18. The van der Waals surface area contributed by atoms with E-state index < -0.39 is 6.36 Å². The van der Waals surface area contributed by atoms with Gasteiger partial charge in [-0.25, -0.2) is 9.82 Å². The fourth-order valence-corrected chi connectivity index (χ4v) is 3.81. The second-order valence-electron chi connectivity index (χ2n) is 7.77. The Labute approximate surface area is 184 Å². The van der Waals surface area contributed by atoms with E-state index in [1.807, 2.05) is 0 Å². The third kappa shape index (κ3) is 7.00. The molecule has 0 amide bonds. The summed E-state index contributed by atoms with van der Waals surface area (Å²) in [6.07, 6.45) is 3.78. The van der Waals surface area contributed by atoms with Crippen LogP contribution in [0.15, 0.2) is 36.5 Å². The molecule has 1 fully saturated rings. The Bertz CT molecular complexity index is 900. The second-order valence-corrected chi connectivity index (χ2v) is 7.77. The summed E-state index contributed by atoms with van der Waals surface area (Å²) < 4.78 is 42.0. The van der Waals surface area contributed by atoms with Gasteiger partial charge >= 0.3 is 12.0 Å². The highest BCUT2D eigenvalue weighted by Crippen LogP contribution is 2.30. The largest absolute Gasteiger partial charge is 0.573 e. The van der Waals surface area contributed by atoms with E-state index in [1.54, 1.807) is 12.1 Å². The van der Waals surface area contributed by atoms with Gasteiger partial charge in [-0.1, -0.05) is 43.9 Å². The van der Waals surface area contributed by atoms with Crippen molar-refractivity contribution in [1.29, 1.82) is 0 Å². The van der Waals surface area contributed by atoms with Crippen molar-refractivity contribution < 1.29 is 27.7 Å². The molecule has 0 atom stereocenters. The molecule has 0 saturated heterocycles. The minimum Gasteiger partial charge on any atom is -0.405 e. The highest BCUT2D eigenvalue weighted by molar-refractivity contribution is 5.65. The number of hydrogen-bond donors (Lipinski definition) is 2. The van der Waals surface area contributed by atoms with Crippen molar-refractivity contribution in [2.45, 2.75) is 51.4 Å². The third-order valence-electron chi connectivity index (χ3n) is 5.46. The molecule has 32 heavy (non-hydrogen) atoms. The van der Waals surface area contributed by atoms with Crippen LogP contribution in [0.1, 0.15) is 44.1 Å². The number of aromatic nitrogens is 1. The van der Waals surface area contributed by atoms with Crippen LogP contribution in [0.25, 0.3) is 0 Å². The van der Waals surface area contributed by atoms with Gasteiger partial charge in [0.05, 0.1) is 4.91 Å². The molecule has 1 aliphatic carbocycles. The quantitative estimate of drug-likeness (QED) is 0.361. The molecular formula is C22H28F3N4O3+. The maximum atomic E-state index is 12.6. The van der Waals surface area contributed by atoms with Crippen molar-refractivity contribution in [1.82, 2.24) is 4.98 Å². The maximum absolute atomic E-state index is 12.6. The van der Waals surface area contributed by atoms with Gasteiger partial charge in [-0.05, 0) is 24.8 Å². The SMILES string of the molecule is CO[N+](=O)c1cnc(NCc2ccccc2OC(F)(F)F)cc1NCC1CCCCCC1. The van der Waals surface area contributed by atoms with E-state index in [4.69, 9.17) is 4.84 Å². The summed E-state index contributed by atoms with van der Waals surface area (Å²) in [5.74, 6) is 0.647. The Morgan fingerprint density at radius 3 is 2.53 bits per heavy atom. The number of halogens is 3. The van der Waals surface area contributed by atoms with Crippen LogP contribution >= 0.6 is 0 Å². The van der Waals surface area contributed by atoms with Crippen molar-refractivity contribution in [3.05, 3.63) is 47.0 Å². The lowest BCUT2D eigenvalue weighted by Gasteiger charge is -2.16. The van der Waals surface area contributed by atoms with E-state index in [9.17, 15) is 18.1 Å². The number of para-hydroxylation sites is 1. The van der Waals surface area contributed by atoms with Crippen LogP contribution in [0.4, 0.5) is 30.4 Å². The van der Waals surface area contributed by atoms with Gasteiger partial charge in [0.25, 0.3) is 4.92 Å². The zero-order valence-electron chi connectivity index (χ0n) is 18.0. The minimum absolute atomic E-state index is 0.0615. The van der Waals surface area contributed by atoms with Gasteiger partial charge in [0.15, 0.2) is 7.11 Å². The number of pyridine rings is 1. The predicted molar refractivity (Wildman–Crippen MR) is 115 cm³/mol. The average molecular weight is 453 g/mol. The lowest BCUT2D eigenvalue weighted by molar-refractivity contribution is -0.736. The highest BCUT2D eigenvalue weighted by Gasteiger charge is 2.32. The summed E-state index contributed by atoms with van der Waals surface area (Å²) in [7, 11) is 1.27. The van der Waals surface area contributed by atoms with Gasteiger partial charge in [0.1, 0.15) is 23.5 Å². The van der Waals surface area contributed by atoms with E-state index in [0.29, 0.717) is 27.9 Å². The standard InChI is InChI=1S/C22H28F3N4O3/c1-31-29(30)19-15-28-21(12-18(19)26-13-16-8-4-2-3-5-9-16)27-14-17-10-6-7-11-20(17)32-22(23,24)25/h6-7,10-12,15-16H,2-5,8-9,13-14H2,1H3,(H2,26,27,28)/q+1. The van der Waals surface area contributed by atoms with E-state index in [2.05, 4.69) is 20.4 Å². The molecule has 174 valence electrons. The second kappa shape index (κ2) is 11.0. The van der Waals surface area contributed by atoms with Crippen molar-refractivity contribution in [3.8, 4) is 5.75 Å². The molecular weight excluding hydrogens is 425 g/mol. The van der Waals surface area contributed by atoms with Crippen molar-refractivity contribution >= 4 is 17.2 Å². The number of hydrogen-bond acceptors (Lipinski definition) is 6. The van der Waals surface area contributed by atoms with Crippen LogP contribution in [0.2, 0.25) is 0 Å². The van der Waals surface area contributed by atoms with Gasteiger partial charge in [-0.2, -0.15) is 0 Å². The fourth-order valence-electron chi connectivity index (χ4n) is 3.81. The van der Waals surface area contributed by atoms with Crippen molar-refractivity contribution in [2.75, 3.05) is 24.3 Å². The Morgan fingerprint density at radius 1 is 1.12 bits per heavy atom. The van der Waals surface area contributed by atoms with Gasteiger partial charge in [-0.3, -0.25) is 0 Å². The molecule has 1 saturated carbocycles. The number of nitrogens with one attached hydrogen (secondary N) is 2. The molecule has 1 heterocycles. The molecule has 0 unspecified atom stereocenters. The van der Waals surface area contributed by atoms with E-state index >= 15 is 0 Å². The molecule has 3 rings (SSSR count). The molecule has 1 aromatic carbocycles. The fraction of sp³-hybridized carbons (Fsp3) is 0.500. The van der Waals surface area contributed by atoms with E-state index in [1.165, 1.54) is 57.2 Å². The molecule has 2 aromatic rings. The number of nitrogens with zero attached hydrogens (tertiary/aromatic N) is 2. The highest BCUT2D eigenvalue weighted by atomic mass is 19.4. The minimum atomic E-state index is -4.77. The van der Waals surface area contributed by atoms with Crippen LogP contribution in [0, 0.1) is 10.8 Å². The zero-order chi connectivity index (χ0) is 23.0. The molecule has 0 spiro atoms. The molecule has 0 radical (unpaired) electrons. The van der Waals surface area contributed by atoms with E-state index in [0.717, 1.165) is 19.4 Å². The first kappa shape index (κ1) is 23.6. The number of anilines is 2. The summed E-state index contributed by atoms with van der Waals surface area (Å²) in [5, 5.41) is 6.33. The average Bonchev–Trinajstić information content (AvgIpc) is 3.04. The van der Waals surface area contributed by atoms with Gasteiger partial charge in [0.2, 0.25) is 0 Å².